The standard InChI is InChI=1S/C23H30ClN3O5S/c1-5-25-23(29)17(2)26(14-13-18-9-7-6-8-10-18)22(28)16-27(33(4,30)31)20-15-19(24)11-12-21(20)32-3/h6-12,15,17H,5,13-14,16H2,1-4H3,(H,25,29). The van der Waals surface area contributed by atoms with Gasteiger partial charge in [-0.3, -0.25) is 13.9 Å². The summed E-state index contributed by atoms with van der Waals surface area (Å²) < 4.78 is 31.5. The maximum atomic E-state index is 13.4. The summed E-state index contributed by atoms with van der Waals surface area (Å²) in [6.45, 7) is 3.56. The molecule has 10 heteroatoms. The lowest BCUT2D eigenvalue weighted by molar-refractivity contribution is -0.138. The number of hydrogen-bond donors (Lipinski definition) is 1. The summed E-state index contributed by atoms with van der Waals surface area (Å²) in [7, 11) is -2.47. The fourth-order valence-corrected chi connectivity index (χ4v) is 4.36. The van der Waals surface area contributed by atoms with Gasteiger partial charge in [-0.1, -0.05) is 41.9 Å². The Morgan fingerprint density at radius 3 is 2.39 bits per heavy atom. The zero-order chi connectivity index (χ0) is 24.6. The van der Waals surface area contributed by atoms with E-state index < -0.39 is 28.5 Å². The highest BCUT2D eigenvalue weighted by atomic mass is 35.5. The zero-order valence-electron chi connectivity index (χ0n) is 19.2. The smallest absolute Gasteiger partial charge is 0.244 e. The molecule has 0 saturated heterocycles. The summed E-state index contributed by atoms with van der Waals surface area (Å²) in [6.07, 6.45) is 1.51. The average molecular weight is 496 g/mol. The van der Waals surface area contributed by atoms with Crippen LogP contribution in [0.1, 0.15) is 19.4 Å². The molecule has 33 heavy (non-hydrogen) atoms. The van der Waals surface area contributed by atoms with Crippen LogP contribution in [0.3, 0.4) is 0 Å². The number of sulfonamides is 1. The highest BCUT2D eigenvalue weighted by Crippen LogP contribution is 2.32. The number of ether oxygens (including phenoxy) is 1. The first-order valence-electron chi connectivity index (χ1n) is 10.5. The number of carbonyl (C=O) groups excluding carboxylic acids is 2. The molecule has 0 aliphatic rings. The van der Waals surface area contributed by atoms with Crippen LogP contribution in [0.2, 0.25) is 5.02 Å². The van der Waals surface area contributed by atoms with Gasteiger partial charge in [-0.15, -0.1) is 0 Å². The molecule has 1 unspecified atom stereocenters. The normalized spacial score (nSPS) is 12.0. The lowest BCUT2D eigenvalue weighted by atomic mass is 10.1. The third-order valence-electron chi connectivity index (χ3n) is 5.09. The van der Waals surface area contributed by atoms with Crippen molar-refractivity contribution < 1.29 is 22.7 Å². The third kappa shape index (κ3) is 7.36. The van der Waals surface area contributed by atoms with E-state index >= 15 is 0 Å². The van der Waals surface area contributed by atoms with Gasteiger partial charge in [0.1, 0.15) is 18.3 Å². The largest absolute Gasteiger partial charge is 0.495 e. The fraction of sp³-hybridized carbons (Fsp3) is 0.391. The molecular weight excluding hydrogens is 466 g/mol. The van der Waals surface area contributed by atoms with Gasteiger partial charge >= 0.3 is 0 Å². The summed E-state index contributed by atoms with van der Waals surface area (Å²) >= 11 is 6.09. The summed E-state index contributed by atoms with van der Waals surface area (Å²) in [4.78, 5) is 27.3. The molecule has 0 radical (unpaired) electrons. The van der Waals surface area contributed by atoms with Crippen LogP contribution in [0, 0.1) is 0 Å². The second kappa shape index (κ2) is 11.9. The Labute approximate surface area is 200 Å². The van der Waals surface area contributed by atoms with Crippen LogP contribution in [-0.4, -0.2) is 64.2 Å². The maximum absolute atomic E-state index is 13.4. The Balaban J connectivity index is 2.37. The van der Waals surface area contributed by atoms with E-state index in [0.717, 1.165) is 16.1 Å². The molecule has 2 aromatic rings. The van der Waals surface area contributed by atoms with E-state index in [4.69, 9.17) is 16.3 Å². The first kappa shape index (κ1) is 26.5. The Kier molecular flexibility index (Phi) is 9.55. The number of halogens is 1. The number of methoxy groups -OCH3 is 1. The molecule has 0 aliphatic carbocycles. The van der Waals surface area contributed by atoms with E-state index in [1.807, 2.05) is 30.3 Å². The minimum absolute atomic E-state index is 0.148. The molecule has 0 heterocycles. The number of likely N-dealkylation sites (N-methyl/N-ethyl adjacent to an activating group) is 1. The van der Waals surface area contributed by atoms with Crippen LogP contribution in [0.5, 0.6) is 5.75 Å². The monoisotopic (exact) mass is 495 g/mol. The number of carbonyl (C=O) groups is 2. The number of nitrogens with one attached hydrogen (secondary N) is 1. The minimum Gasteiger partial charge on any atom is -0.495 e. The molecule has 0 saturated carbocycles. The van der Waals surface area contributed by atoms with E-state index in [1.54, 1.807) is 19.9 Å². The van der Waals surface area contributed by atoms with Crippen LogP contribution in [0.15, 0.2) is 48.5 Å². The highest BCUT2D eigenvalue weighted by molar-refractivity contribution is 7.92. The second-order valence-corrected chi connectivity index (χ2v) is 9.82. The number of benzene rings is 2. The predicted molar refractivity (Wildman–Crippen MR) is 130 cm³/mol. The van der Waals surface area contributed by atoms with E-state index in [1.165, 1.54) is 24.1 Å². The van der Waals surface area contributed by atoms with Gasteiger partial charge in [0, 0.05) is 18.1 Å². The van der Waals surface area contributed by atoms with Crippen molar-refractivity contribution in [3.63, 3.8) is 0 Å². The molecule has 1 N–H and O–H groups in total. The third-order valence-corrected chi connectivity index (χ3v) is 6.45. The molecule has 0 aromatic heterocycles. The molecule has 0 bridgehead atoms. The summed E-state index contributed by atoms with van der Waals surface area (Å²) in [6, 6.07) is 13.3. The molecular formula is C23H30ClN3O5S. The van der Waals surface area contributed by atoms with Gasteiger partial charge < -0.3 is 15.0 Å². The van der Waals surface area contributed by atoms with Crippen LogP contribution in [0.4, 0.5) is 5.69 Å². The van der Waals surface area contributed by atoms with Crippen molar-refractivity contribution in [3.05, 3.63) is 59.1 Å². The van der Waals surface area contributed by atoms with Crippen molar-refractivity contribution in [2.75, 3.05) is 37.3 Å². The fourth-order valence-electron chi connectivity index (χ4n) is 3.34. The van der Waals surface area contributed by atoms with Gasteiger partial charge in [0.2, 0.25) is 21.8 Å². The van der Waals surface area contributed by atoms with Crippen molar-refractivity contribution in [1.82, 2.24) is 10.2 Å². The molecule has 2 amide bonds. The molecule has 0 aliphatic heterocycles. The minimum atomic E-state index is -3.87. The van der Waals surface area contributed by atoms with E-state index in [2.05, 4.69) is 5.32 Å². The molecule has 2 rings (SSSR count). The molecule has 8 nitrogen and oxygen atoms in total. The van der Waals surface area contributed by atoms with Gasteiger partial charge in [-0.05, 0) is 44.0 Å². The van der Waals surface area contributed by atoms with Crippen LogP contribution in [0.25, 0.3) is 0 Å². The highest BCUT2D eigenvalue weighted by Gasteiger charge is 2.30. The van der Waals surface area contributed by atoms with E-state index in [9.17, 15) is 18.0 Å². The van der Waals surface area contributed by atoms with Crippen molar-refractivity contribution in [2.24, 2.45) is 0 Å². The average Bonchev–Trinajstić information content (AvgIpc) is 2.77. The van der Waals surface area contributed by atoms with Crippen molar-refractivity contribution in [2.45, 2.75) is 26.3 Å². The van der Waals surface area contributed by atoms with Crippen LogP contribution < -0.4 is 14.4 Å². The SMILES string of the molecule is CCNC(=O)C(C)N(CCc1ccccc1)C(=O)CN(c1cc(Cl)ccc1OC)S(C)(=O)=O. The molecule has 0 spiro atoms. The molecule has 2 aromatic carbocycles. The first-order valence-corrected chi connectivity index (χ1v) is 12.7. The Bertz CT molecular complexity index is 1060. The van der Waals surface area contributed by atoms with Gasteiger partial charge in [-0.2, -0.15) is 0 Å². The molecule has 0 fully saturated rings. The zero-order valence-corrected chi connectivity index (χ0v) is 20.8. The first-order chi connectivity index (χ1) is 15.6. The van der Waals surface area contributed by atoms with Crippen LogP contribution >= 0.6 is 11.6 Å². The summed E-state index contributed by atoms with van der Waals surface area (Å²) in [5, 5.41) is 3.01. The number of hydrogen-bond acceptors (Lipinski definition) is 5. The lowest BCUT2D eigenvalue weighted by Gasteiger charge is -2.31. The second-order valence-electron chi connectivity index (χ2n) is 7.48. The summed E-state index contributed by atoms with van der Waals surface area (Å²) in [5.74, 6) is -0.576. The van der Waals surface area contributed by atoms with Crippen molar-refractivity contribution >= 4 is 39.1 Å². The van der Waals surface area contributed by atoms with Gasteiger partial charge in [0.25, 0.3) is 0 Å². The van der Waals surface area contributed by atoms with Gasteiger partial charge in [-0.25, -0.2) is 8.42 Å². The Morgan fingerprint density at radius 1 is 1.15 bits per heavy atom. The number of nitrogens with zero attached hydrogens (tertiary/aromatic N) is 2. The lowest BCUT2D eigenvalue weighted by Crippen LogP contribution is -2.52. The maximum Gasteiger partial charge on any atom is 0.244 e. The molecule has 180 valence electrons. The van der Waals surface area contributed by atoms with Crippen molar-refractivity contribution in [1.29, 1.82) is 0 Å². The number of rotatable bonds is 11. The number of amides is 2. The van der Waals surface area contributed by atoms with Crippen LogP contribution in [-0.2, 0) is 26.0 Å². The quantitative estimate of drug-likeness (QED) is 0.517. The van der Waals surface area contributed by atoms with Crippen molar-refractivity contribution in [3.8, 4) is 5.75 Å². The Hall–Kier alpha value is -2.78. The van der Waals surface area contributed by atoms with E-state index in [0.29, 0.717) is 18.0 Å². The number of anilines is 1. The van der Waals surface area contributed by atoms with E-state index in [-0.39, 0.29) is 23.9 Å². The van der Waals surface area contributed by atoms with Gasteiger partial charge in [0.15, 0.2) is 0 Å². The predicted octanol–water partition coefficient (Wildman–Crippen LogP) is 2.71. The molecule has 1 atom stereocenters. The van der Waals surface area contributed by atoms with Gasteiger partial charge in [0.05, 0.1) is 19.1 Å². The topological polar surface area (TPSA) is 96.0 Å². The Morgan fingerprint density at radius 2 is 1.82 bits per heavy atom. The summed E-state index contributed by atoms with van der Waals surface area (Å²) in [5.41, 5.74) is 1.14.